The first-order valence-electron chi connectivity index (χ1n) is 5.70. The molecule has 0 saturated carbocycles. The number of amides is 1. The molecule has 3 nitrogen and oxygen atoms in total. The maximum absolute atomic E-state index is 11.6. The Kier molecular flexibility index (Phi) is 4.39. The lowest BCUT2D eigenvalue weighted by Gasteiger charge is -2.20. The molecule has 2 atom stereocenters. The van der Waals surface area contributed by atoms with Crippen LogP contribution in [-0.4, -0.2) is 36.5 Å². The van der Waals surface area contributed by atoms with E-state index in [-0.39, 0.29) is 11.9 Å². The highest BCUT2D eigenvalue weighted by Gasteiger charge is 2.29. The number of rotatable bonds is 5. The summed E-state index contributed by atoms with van der Waals surface area (Å²) >= 11 is 0. The van der Waals surface area contributed by atoms with E-state index in [0.29, 0.717) is 6.04 Å². The van der Waals surface area contributed by atoms with Gasteiger partial charge in [-0.2, -0.15) is 0 Å². The molecule has 1 heterocycles. The highest BCUT2D eigenvalue weighted by molar-refractivity contribution is 5.83. The van der Waals surface area contributed by atoms with Crippen LogP contribution in [0.4, 0.5) is 0 Å². The standard InChI is InChI=1S/C11H22N2O/c1-4-6-9(5-2)12-10-7-8-13(3)11(10)14/h9-10,12H,4-8H2,1-3H3. The SMILES string of the molecule is CCCC(CC)NC1CCN(C)C1=O. The highest BCUT2D eigenvalue weighted by atomic mass is 16.2. The highest BCUT2D eigenvalue weighted by Crippen LogP contribution is 2.11. The van der Waals surface area contributed by atoms with Gasteiger partial charge in [0.2, 0.25) is 5.91 Å². The van der Waals surface area contributed by atoms with Gasteiger partial charge in [-0.15, -0.1) is 0 Å². The predicted molar refractivity (Wildman–Crippen MR) is 58.2 cm³/mol. The van der Waals surface area contributed by atoms with Crippen molar-refractivity contribution in [3.8, 4) is 0 Å². The van der Waals surface area contributed by atoms with Crippen LogP contribution in [0.2, 0.25) is 0 Å². The first-order chi connectivity index (χ1) is 6.69. The first-order valence-corrected chi connectivity index (χ1v) is 5.70. The van der Waals surface area contributed by atoms with Crippen LogP contribution in [0.25, 0.3) is 0 Å². The fraction of sp³-hybridized carbons (Fsp3) is 0.909. The molecule has 0 aromatic rings. The number of hydrogen-bond acceptors (Lipinski definition) is 2. The van der Waals surface area contributed by atoms with Gasteiger partial charge in [0, 0.05) is 19.6 Å². The van der Waals surface area contributed by atoms with Gasteiger partial charge in [0.05, 0.1) is 6.04 Å². The minimum atomic E-state index is 0.0801. The summed E-state index contributed by atoms with van der Waals surface area (Å²) in [7, 11) is 1.88. The van der Waals surface area contributed by atoms with Crippen LogP contribution in [0.1, 0.15) is 39.5 Å². The molecule has 1 N–H and O–H groups in total. The van der Waals surface area contributed by atoms with Crippen LogP contribution in [-0.2, 0) is 4.79 Å². The largest absolute Gasteiger partial charge is 0.344 e. The van der Waals surface area contributed by atoms with Gasteiger partial charge < -0.3 is 10.2 Å². The number of carbonyl (C=O) groups is 1. The Hall–Kier alpha value is -0.570. The number of nitrogens with one attached hydrogen (secondary N) is 1. The molecule has 14 heavy (non-hydrogen) atoms. The van der Waals surface area contributed by atoms with E-state index in [9.17, 15) is 4.79 Å². The lowest BCUT2D eigenvalue weighted by atomic mass is 10.1. The quantitative estimate of drug-likeness (QED) is 0.724. The summed E-state index contributed by atoms with van der Waals surface area (Å²) in [6.07, 6.45) is 4.43. The molecule has 0 radical (unpaired) electrons. The van der Waals surface area contributed by atoms with E-state index in [1.54, 1.807) is 0 Å². The van der Waals surface area contributed by atoms with Crippen molar-refractivity contribution in [1.82, 2.24) is 10.2 Å². The number of likely N-dealkylation sites (N-methyl/N-ethyl adjacent to an activating group) is 1. The van der Waals surface area contributed by atoms with E-state index >= 15 is 0 Å². The Morgan fingerprint density at radius 3 is 2.71 bits per heavy atom. The molecule has 1 aliphatic rings. The molecule has 0 spiro atoms. The molecule has 1 saturated heterocycles. The molecule has 82 valence electrons. The second-order valence-electron chi connectivity index (χ2n) is 4.16. The predicted octanol–water partition coefficient (Wildman–Crippen LogP) is 1.39. The van der Waals surface area contributed by atoms with E-state index in [2.05, 4.69) is 19.2 Å². The van der Waals surface area contributed by atoms with Crippen LogP contribution in [0.5, 0.6) is 0 Å². The third kappa shape index (κ3) is 2.71. The minimum absolute atomic E-state index is 0.0801. The zero-order chi connectivity index (χ0) is 10.6. The molecule has 0 aromatic carbocycles. The minimum Gasteiger partial charge on any atom is -0.344 e. The molecular weight excluding hydrogens is 176 g/mol. The van der Waals surface area contributed by atoms with Gasteiger partial charge in [-0.3, -0.25) is 4.79 Å². The van der Waals surface area contributed by atoms with Crippen molar-refractivity contribution in [2.24, 2.45) is 0 Å². The zero-order valence-corrected chi connectivity index (χ0v) is 9.55. The summed E-state index contributed by atoms with van der Waals surface area (Å²) in [6, 6.07) is 0.594. The summed E-state index contributed by atoms with van der Waals surface area (Å²) in [5.41, 5.74) is 0. The van der Waals surface area contributed by atoms with Crippen LogP contribution >= 0.6 is 0 Å². The molecular formula is C11H22N2O. The van der Waals surface area contributed by atoms with Gasteiger partial charge in [-0.25, -0.2) is 0 Å². The molecule has 2 unspecified atom stereocenters. The number of nitrogens with zero attached hydrogens (tertiary/aromatic N) is 1. The van der Waals surface area contributed by atoms with Gasteiger partial charge in [-0.1, -0.05) is 20.3 Å². The van der Waals surface area contributed by atoms with Gasteiger partial charge >= 0.3 is 0 Å². The van der Waals surface area contributed by atoms with Crippen LogP contribution in [0.3, 0.4) is 0 Å². The second kappa shape index (κ2) is 5.35. The van der Waals surface area contributed by atoms with Crippen molar-refractivity contribution in [2.75, 3.05) is 13.6 Å². The summed E-state index contributed by atoms with van der Waals surface area (Å²) in [4.78, 5) is 13.4. The molecule has 1 amide bonds. The molecule has 0 aromatic heterocycles. The van der Waals surface area contributed by atoms with Crippen LogP contribution < -0.4 is 5.32 Å². The Labute approximate surface area is 86.9 Å². The lowest BCUT2D eigenvalue weighted by Crippen LogP contribution is -2.42. The van der Waals surface area contributed by atoms with E-state index in [0.717, 1.165) is 19.4 Å². The Bertz CT molecular complexity index is 194. The fourth-order valence-electron chi connectivity index (χ4n) is 2.02. The van der Waals surface area contributed by atoms with Crippen molar-refractivity contribution < 1.29 is 4.79 Å². The third-order valence-electron chi connectivity index (χ3n) is 2.99. The molecule has 0 bridgehead atoms. The van der Waals surface area contributed by atoms with Gasteiger partial charge in [-0.05, 0) is 19.3 Å². The smallest absolute Gasteiger partial charge is 0.239 e. The molecule has 1 fully saturated rings. The first kappa shape index (κ1) is 11.5. The summed E-state index contributed by atoms with van der Waals surface area (Å²) in [6.45, 7) is 5.27. The molecule has 1 rings (SSSR count). The van der Waals surface area contributed by atoms with E-state index in [4.69, 9.17) is 0 Å². The van der Waals surface area contributed by atoms with Crippen molar-refractivity contribution >= 4 is 5.91 Å². The van der Waals surface area contributed by atoms with Crippen molar-refractivity contribution in [3.63, 3.8) is 0 Å². The fourth-order valence-corrected chi connectivity index (χ4v) is 2.02. The maximum atomic E-state index is 11.6. The van der Waals surface area contributed by atoms with Crippen molar-refractivity contribution in [2.45, 2.75) is 51.6 Å². The Morgan fingerprint density at radius 2 is 2.29 bits per heavy atom. The van der Waals surface area contributed by atoms with Gasteiger partial charge in [0.25, 0.3) is 0 Å². The Balaban J connectivity index is 2.39. The third-order valence-corrected chi connectivity index (χ3v) is 2.99. The molecule has 3 heteroatoms. The topological polar surface area (TPSA) is 32.3 Å². The summed E-state index contributed by atoms with van der Waals surface area (Å²) in [5.74, 6) is 0.263. The number of hydrogen-bond donors (Lipinski definition) is 1. The normalized spacial score (nSPS) is 24.4. The van der Waals surface area contributed by atoms with Crippen LogP contribution in [0.15, 0.2) is 0 Å². The average molecular weight is 198 g/mol. The number of carbonyl (C=O) groups excluding carboxylic acids is 1. The molecule has 1 aliphatic heterocycles. The van der Waals surface area contributed by atoms with E-state index in [1.165, 1.54) is 12.8 Å². The number of likely N-dealkylation sites (tertiary alicyclic amines) is 1. The van der Waals surface area contributed by atoms with Crippen molar-refractivity contribution in [3.05, 3.63) is 0 Å². The van der Waals surface area contributed by atoms with E-state index < -0.39 is 0 Å². The van der Waals surface area contributed by atoms with E-state index in [1.807, 2.05) is 11.9 Å². The summed E-state index contributed by atoms with van der Waals surface area (Å²) in [5, 5.41) is 3.46. The van der Waals surface area contributed by atoms with Crippen molar-refractivity contribution in [1.29, 1.82) is 0 Å². The monoisotopic (exact) mass is 198 g/mol. The van der Waals surface area contributed by atoms with Gasteiger partial charge in [0.15, 0.2) is 0 Å². The lowest BCUT2D eigenvalue weighted by molar-refractivity contribution is -0.128. The average Bonchev–Trinajstić information content (AvgIpc) is 2.49. The Morgan fingerprint density at radius 1 is 1.57 bits per heavy atom. The molecule has 0 aliphatic carbocycles. The second-order valence-corrected chi connectivity index (χ2v) is 4.16. The maximum Gasteiger partial charge on any atom is 0.239 e. The van der Waals surface area contributed by atoms with Gasteiger partial charge in [0.1, 0.15) is 0 Å². The zero-order valence-electron chi connectivity index (χ0n) is 9.55. The van der Waals surface area contributed by atoms with Crippen LogP contribution in [0, 0.1) is 0 Å². The summed E-state index contributed by atoms with van der Waals surface area (Å²) < 4.78 is 0.